The van der Waals surface area contributed by atoms with Crippen LogP contribution < -0.4 is 18.9 Å². The number of hydrogen-bond acceptors (Lipinski definition) is 6. The van der Waals surface area contributed by atoms with Crippen molar-refractivity contribution >= 4 is 5.57 Å². The molecule has 0 fully saturated rings. The maximum atomic E-state index is 15.1. The van der Waals surface area contributed by atoms with E-state index < -0.39 is 140 Å². The summed E-state index contributed by atoms with van der Waals surface area (Å²) < 4.78 is 285. The van der Waals surface area contributed by atoms with Gasteiger partial charge in [0.25, 0.3) is 12.2 Å². The third-order valence-electron chi connectivity index (χ3n) is 8.16. The van der Waals surface area contributed by atoms with Gasteiger partial charge >= 0.3 is 37.4 Å². The molecule has 0 radical (unpaired) electrons. The smallest absolute Gasteiger partial charge is 0.468 e. The van der Waals surface area contributed by atoms with E-state index in [9.17, 15) is 89.6 Å². The van der Waals surface area contributed by atoms with Crippen LogP contribution in [0.1, 0.15) is 11.1 Å². The minimum atomic E-state index is -6.16. The zero-order valence-corrected chi connectivity index (χ0v) is 29.0. The summed E-state index contributed by atoms with van der Waals surface area (Å²) in [6, 6.07) is 6.14. The minimum Gasteiger partial charge on any atom is -0.468 e. The molecule has 0 unspecified atom stereocenters. The highest BCUT2D eigenvalue weighted by Crippen LogP contribution is 2.54. The van der Waals surface area contributed by atoms with Crippen molar-refractivity contribution in [1.82, 2.24) is 0 Å². The second-order valence-corrected chi connectivity index (χ2v) is 12.3. The molecule has 0 aliphatic heterocycles. The Balaban J connectivity index is 1.78. The minimum absolute atomic E-state index is 0.0902. The molecule has 330 valence electrons. The molecule has 0 atom stereocenters. The summed E-state index contributed by atoms with van der Waals surface area (Å²) >= 11 is 0. The van der Waals surface area contributed by atoms with Crippen LogP contribution in [0.2, 0.25) is 0 Å². The summed E-state index contributed by atoms with van der Waals surface area (Å²) in [6.07, 6.45) is -45.1. The molecule has 0 bridgehead atoms. The second-order valence-electron chi connectivity index (χ2n) is 12.3. The number of nitrogens with zero attached hydrogens (tertiary/aromatic N) is 2. The van der Waals surface area contributed by atoms with Crippen molar-refractivity contribution in [2.45, 2.75) is 49.6 Å². The van der Waals surface area contributed by atoms with E-state index in [-0.39, 0.29) is 24.3 Å². The molecule has 1 aliphatic rings. The molecule has 1 aliphatic carbocycles. The highest BCUT2D eigenvalue weighted by Gasteiger charge is 2.60. The first kappa shape index (κ1) is 46.5. The number of ether oxygens (including phenoxy) is 4. The molecule has 5 rings (SSSR count). The third-order valence-corrected chi connectivity index (χ3v) is 8.16. The van der Waals surface area contributed by atoms with Gasteiger partial charge in [-0.15, -0.1) is 26.3 Å². The standard InChI is InChI=1S/C36H12F20N2O4/c37-22-5-13(1-3-24(22)59-29(31(39,40)41)32(42,43)44)16-7-18-19-8-17(14-2-4-25(23(38)6-14)60-30(33(45,46)47)34(48,49)50)27(62-36(54,55)56)10-21(19)28(15(11-57)12-58)20(18)9-26(16)61-35(51,52)53/h1-10,29-30H. The summed E-state index contributed by atoms with van der Waals surface area (Å²) in [7, 11) is 0. The fourth-order valence-electron chi connectivity index (χ4n) is 5.86. The van der Waals surface area contributed by atoms with Crippen LogP contribution in [0.3, 0.4) is 0 Å². The van der Waals surface area contributed by atoms with Crippen molar-refractivity contribution in [3.63, 3.8) is 0 Å². The van der Waals surface area contributed by atoms with Crippen molar-refractivity contribution in [2.75, 3.05) is 0 Å². The topological polar surface area (TPSA) is 84.5 Å². The van der Waals surface area contributed by atoms with Gasteiger partial charge in [-0.05, 0) is 81.9 Å². The van der Waals surface area contributed by atoms with Gasteiger partial charge in [-0.25, -0.2) is 8.78 Å². The quantitative estimate of drug-likeness (QED) is 0.114. The van der Waals surface area contributed by atoms with Crippen LogP contribution in [0.15, 0.2) is 66.2 Å². The number of benzene rings is 4. The van der Waals surface area contributed by atoms with Crippen LogP contribution in [0.4, 0.5) is 87.8 Å². The van der Waals surface area contributed by atoms with Crippen molar-refractivity contribution < 1.29 is 107 Å². The van der Waals surface area contributed by atoms with Gasteiger partial charge < -0.3 is 18.9 Å². The first-order chi connectivity index (χ1) is 28.2. The summed E-state index contributed by atoms with van der Waals surface area (Å²) in [5, 5.41) is 19.4. The lowest BCUT2D eigenvalue weighted by Gasteiger charge is -2.24. The average molecular weight is 916 g/mol. The molecular weight excluding hydrogens is 904 g/mol. The van der Waals surface area contributed by atoms with Gasteiger partial charge in [0.2, 0.25) is 0 Å². The fraction of sp³-hybridized carbons (Fsp3) is 0.222. The van der Waals surface area contributed by atoms with Crippen molar-refractivity contribution in [2.24, 2.45) is 0 Å². The molecule has 0 saturated heterocycles. The maximum absolute atomic E-state index is 15.1. The molecule has 0 N–H and O–H groups in total. The predicted molar refractivity (Wildman–Crippen MR) is 166 cm³/mol. The molecule has 4 aromatic carbocycles. The largest absolute Gasteiger partial charge is 0.573 e. The lowest BCUT2D eigenvalue weighted by molar-refractivity contribution is -0.301. The molecule has 0 saturated carbocycles. The zero-order valence-electron chi connectivity index (χ0n) is 29.0. The van der Waals surface area contributed by atoms with Gasteiger partial charge in [0, 0.05) is 16.7 Å². The van der Waals surface area contributed by atoms with Gasteiger partial charge in [-0.2, -0.15) is 63.2 Å². The number of fused-ring (bicyclic) bond motifs is 3. The molecule has 4 aromatic rings. The van der Waals surface area contributed by atoms with E-state index in [1.165, 1.54) is 12.1 Å². The normalized spacial score (nSPS) is 13.4. The van der Waals surface area contributed by atoms with E-state index in [1.54, 1.807) is 0 Å². The molecule has 0 heterocycles. The van der Waals surface area contributed by atoms with E-state index in [4.69, 9.17) is 0 Å². The maximum Gasteiger partial charge on any atom is 0.573 e. The van der Waals surface area contributed by atoms with Crippen molar-refractivity contribution in [3.05, 3.63) is 89.0 Å². The van der Waals surface area contributed by atoms with E-state index in [0.717, 1.165) is 0 Å². The number of rotatable bonds is 8. The van der Waals surface area contributed by atoms with Crippen LogP contribution in [0.25, 0.3) is 39.0 Å². The Morgan fingerprint density at radius 2 is 0.742 bits per heavy atom. The van der Waals surface area contributed by atoms with Gasteiger partial charge in [0.1, 0.15) is 29.2 Å². The average Bonchev–Trinajstić information content (AvgIpc) is 3.38. The van der Waals surface area contributed by atoms with Crippen LogP contribution in [0.5, 0.6) is 23.0 Å². The van der Waals surface area contributed by atoms with Crippen molar-refractivity contribution in [3.8, 4) is 68.5 Å². The van der Waals surface area contributed by atoms with E-state index in [2.05, 4.69) is 18.9 Å². The first-order valence-electron chi connectivity index (χ1n) is 15.9. The number of hydrogen-bond donors (Lipinski definition) is 0. The van der Waals surface area contributed by atoms with Crippen LogP contribution >= 0.6 is 0 Å². The van der Waals surface area contributed by atoms with Crippen LogP contribution in [0, 0.1) is 34.3 Å². The first-order valence-corrected chi connectivity index (χ1v) is 15.9. The molecule has 62 heavy (non-hydrogen) atoms. The molecule has 6 nitrogen and oxygen atoms in total. The Morgan fingerprint density at radius 3 is 1.00 bits per heavy atom. The Morgan fingerprint density at radius 1 is 0.419 bits per heavy atom. The number of allylic oxidation sites excluding steroid dienone is 1. The summed E-state index contributed by atoms with van der Waals surface area (Å²) in [6.45, 7) is 0. The molecule has 0 aromatic heterocycles. The van der Waals surface area contributed by atoms with E-state index in [0.29, 0.717) is 36.4 Å². The Bertz CT molecular complexity index is 2320. The highest BCUT2D eigenvalue weighted by molar-refractivity contribution is 6.07. The molecule has 0 amide bonds. The summed E-state index contributed by atoms with van der Waals surface area (Å²) in [5.41, 5.74) is -7.54. The number of alkyl halides is 18. The second kappa shape index (κ2) is 15.7. The highest BCUT2D eigenvalue weighted by atomic mass is 19.4. The summed E-state index contributed by atoms with van der Waals surface area (Å²) in [5.74, 6) is -10.2. The third kappa shape index (κ3) is 9.95. The summed E-state index contributed by atoms with van der Waals surface area (Å²) in [4.78, 5) is 0. The Labute approximate surface area is 330 Å². The number of nitriles is 2. The molecule has 0 spiro atoms. The lowest BCUT2D eigenvalue weighted by atomic mass is 9.95. The SMILES string of the molecule is N#CC(C#N)=C1c2cc(OC(F)(F)F)c(-c3ccc(OC(C(F)(F)F)C(F)(F)F)c(F)c3)cc2-c2cc(-c3ccc(OC(C(F)(F)F)C(F)(F)F)c(F)c3)c(OC(F)(F)F)cc21. The Hall–Kier alpha value is -6.60. The van der Waals surface area contributed by atoms with Gasteiger partial charge in [0.05, 0.1) is 0 Å². The van der Waals surface area contributed by atoms with E-state index >= 15 is 8.78 Å². The number of halogens is 20. The molecular formula is C36H12F20N2O4. The lowest BCUT2D eigenvalue weighted by Crippen LogP contribution is -2.46. The van der Waals surface area contributed by atoms with Gasteiger partial charge in [-0.3, -0.25) is 0 Å². The predicted octanol–water partition coefficient (Wildman–Crippen LogP) is 12.7. The zero-order chi connectivity index (χ0) is 46.7. The Kier molecular flexibility index (Phi) is 11.8. The van der Waals surface area contributed by atoms with Gasteiger partial charge in [0.15, 0.2) is 23.1 Å². The van der Waals surface area contributed by atoms with Crippen LogP contribution in [-0.2, 0) is 0 Å². The molecule has 26 heteroatoms. The van der Waals surface area contributed by atoms with Gasteiger partial charge in [-0.1, -0.05) is 12.1 Å². The van der Waals surface area contributed by atoms with Crippen molar-refractivity contribution in [1.29, 1.82) is 10.5 Å². The monoisotopic (exact) mass is 916 g/mol. The van der Waals surface area contributed by atoms with Crippen LogP contribution in [-0.4, -0.2) is 49.6 Å². The van der Waals surface area contributed by atoms with E-state index in [1.807, 2.05) is 0 Å². The fourth-order valence-corrected chi connectivity index (χ4v) is 5.86.